The number of aldehydes is 1. The van der Waals surface area contributed by atoms with E-state index in [1.807, 2.05) is 30.3 Å². The lowest BCUT2D eigenvalue weighted by molar-refractivity contribution is -0.134. The number of carbonyl (C=O) groups excluding carboxylic acids is 1. The minimum absolute atomic E-state index is 0.477. The Labute approximate surface area is 178 Å². The van der Waals surface area contributed by atoms with Crippen LogP contribution in [-0.2, 0) is 24.2 Å². The summed E-state index contributed by atoms with van der Waals surface area (Å²) in [5, 5.41) is 0. The van der Waals surface area contributed by atoms with Crippen LogP contribution in [0.15, 0.2) is 30.3 Å². The summed E-state index contributed by atoms with van der Waals surface area (Å²) in [6.45, 7) is 2.82. The van der Waals surface area contributed by atoms with Gasteiger partial charge in [0.15, 0.2) is 14.3 Å². The van der Waals surface area contributed by atoms with Crippen molar-refractivity contribution in [1.29, 1.82) is 0 Å². The molecule has 0 saturated heterocycles. The lowest BCUT2D eigenvalue weighted by atomic mass is 9.90. The van der Waals surface area contributed by atoms with Gasteiger partial charge in [-0.1, -0.05) is 95.0 Å². The van der Waals surface area contributed by atoms with E-state index in [9.17, 15) is 9.36 Å². The number of benzene rings is 1. The first-order chi connectivity index (χ1) is 14.2. The van der Waals surface area contributed by atoms with Crippen molar-refractivity contribution in [2.75, 3.05) is 19.9 Å². The zero-order valence-electron chi connectivity index (χ0n) is 18.5. The fraction of sp³-hybridized carbons (Fsp3) is 0.708. The molecule has 29 heavy (non-hydrogen) atoms. The summed E-state index contributed by atoms with van der Waals surface area (Å²) < 4.78 is 22.7. The molecule has 0 spiro atoms. The van der Waals surface area contributed by atoms with Gasteiger partial charge in [0, 0.05) is 19.9 Å². The molecular formula is C24H41O4P. The van der Waals surface area contributed by atoms with Crippen molar-refractivity contribution in [3.63, 3.8) is 0 Å². The van der Waals surface area contributed by atoms with Gasteiger partial charge in [0.25, 0.3) is 0 Å². The van der Waals surface area contributed by atoms with Crippen molar-refractivity contribution in [3.8, 4) is 0 Å². The largest absolute Gasteiger partial charge is 0.363 e. The van der Waals surface area contributed by atoms with Gasteiger partial charge in [0.05, 0.1) is 0 Å². The van der Waals surface area contributed by atoms with Gasteiger partial charge in [0.1, 0.15) is 5.60 Å². The van der Waals surface area contributed by atoms with E-state index in [0.29, 0.717) is 25.6 Å². The summed E-state index contributed by atoms with van der Waals surface area (Å²) >= 11 is 0. The van der Waals surface area contributed by atoms with E-state index in [2.05, 4.69) is 6.92 Å². The van der Waals surface area contributed by atoms with Crippen LogP contribution < -0.4 is 0 Å². The average Bonchev–Trinajstić information content (AvgIpc) is 2.76. The molecule has 5 heteroatoms. The van der Waals surface area contributed by atoms with Gasteiger partial charge in [0.2, 0.25) is 0 Å². The van der Waals surface area contributed by atoms with Gasteiger partial charge in [-0.2, -0.15) is 0 Å². The Morgan fingerprint density at radius 3 is 2.03 bits per heavy atom. The smallest absolute Gasteiger partial charge is 0.191 e. The van der Waals surface area contributed by atoms with E-state index in [-0.39, 0.29) is 0 Å². The van der Waals surface area contributed by atoms with Crippen molar-refractivity contribution < 1.29 is 18.6 Å². The first kappa shape index (κ1) is 26.1. The second-order valence-corrected chi connectivity index (χ2v) is 9.49. The van der Waals surface area contributed by atoms with Crippen molar-refractivity contribution >= 4 is 14.3 Å². The predicted molar refractivity (Wildman–Crippen MR) is 122 cm³/mol. The van der Waals surface area contributed by atoms with Gasteiger partial charge in [-0.3, -0.25) is 9.36 Å². The summed E-state index contributed by atoms with van der Waals surface area (Å²) in [5.41, 5.74) is -0.0738. The molecule has 0 radical (unpaired) electrons. The number of hydrogen-bond acceptors (Lipinski definition) is 4. The maximum absolute atomic E-state index is 12.1. The Balaban J connectivity index is 2.38. The Morgan fingerprint density at radius 1 is 0.897 bits per heavy atom. The molecule has 0 fully saturated rings. The molecule has 1 rings (SSSR count). The molecule has 166 valence electrons. The molecule has 0 saturated carbocycles. The highest BCUT2D eigenvalue weighted by molar-refractivity contribution is 7.39. The summed E-state index contributed by atoms with van der Waals surface area (Å²) in [5.74, 6) is 0. The fourth-order valence-electron chi connectivity index (χ4n) is 3.62. The van der Waals surface area contributed by atoms with Crippen LogP contribution in [0.4, 0.5) is 0 Å². The molecule has 0 N–H and O–H groups in total. The molecule has 1 aromatic rings. The fourth-order valence-corrected chi connectivity index (χ4v) is 4.29. The number of ether oxygens (including phenoxy) is 1. The Hall–Kier alpha value is -0.960. The number of carbonyl (C=O) groups is 1. The molecular weight excluding hydrogens is 383 g/mol. The number of unbranched alkanes of at least 4 members (excludes halogenated alkanes) is 9. The molecule has 0 heterocycles. The monoisotopic (exact) mass is 424 g/mol. The quantitative estimate of drug-likeness (QED) is 0.137. The third-order valence-corrected chi connectivity index (χ3v) is 6.68. The van der Waals surface area contributed by atoms with Crippen LogP contribution in [0, 0.1) is 0 Å². The minimum Gasteiger partial charge on any atom is -0.363 e. The number of hydrogen-bond donors (Lipinski definition) is 0. The van der Waals surface area contributed by atoms with Crippen LogP contribution in [0.3, 0.4) is 0 Å². The van der Waals surface area contributed by atoms with Gasteiger partial charge < -0.3 is 9.26 Å². The van der Waals surface area contributed by atoms with E-state index in [4.69, 9.17) is 9.26 Å². The van der Waals surface area contributed by atoms with E-state index in [1.54, 1.807) is 0 Å². The Bertz CT molecular complexity index is 549. The summed E-state index contributed by atoms with van der Waals surface area (Å²) in [6.07, 6.45) is 15.3. The van der Waals surface area contributed by atoms with E-state index in [0.717, 1.165) is 24.7 Å². The summed E-state index contributed by atoms with van der Waals surface area (Å²) in [6, 6.07) is 9.66. The second kappa shape index (κ2) is 16.8. The van der Waals surface area contributed by atoms with E-state index >= 15 is 0 Å². The molecule has 4 nitrogen and oxygen atoms in total. The van der Waals surface area contributed by atoms with Crippen LogP contribution in [0.1, 0.15) is 89.5 Å². The molecule has 2 unspecified atom stereocenters. The first-order valence-electron chi connectivity index (χ1n) is 11.4. The number of rotatable bonds is 19. The highest BCUT2D eigenvalue weighted by Crippen LogP contribution is 2.32. The van der Waals surface area contributed by atoms with Crippen molar-refractivity contribution in [3.05, 3.63) is 35.9 Å². The van der Waals surface area contributed by atoms with Gasteiger partial charge >= 0.3 is 0 Å². The van der Waals surface area contributed by atoms with Crippen molar-refractivity contribution in [2.24, 2.45) is 0 Å². The zero-order valence-corrected chi connectivity index (χ0v) is 19.5. The molecule has 0 aliphatic carbocycles. The highest BCUT2D eigenvalue weighted by Gasteiger charge is 2.32. The van der Waals surface area contributed by atoms with Crippen molar-refractivity contribution in [2.45, 2.75) is 89.6 Å². The molecule has 0 bridgehead atoms. The molecule has 0 amide bonds. The van der Waals surface area contributed by atoms with Gasteiger partial charge in [-0.05, 0) is 24.8 Å². The standard InChI is InChI=1S/C24H41O4P/c1-3-4-5-6-7-8-9-10-11-15-20-28-24(22-25,19-16-21-29(26)27-2)23-17-13-12-14-18-23/h12-14,17-18,22,29H,3-11,15-16,19-21H2,1-2H3. The van der Waals surface area contributed by atoms with Crippen LogP contribution in [0.5, 0.6) is 0 Å². The topological polar surface area (TPSA) is 52.6 Å². The highest BCUT2D eigenvalue weighted by atomic mass is 31.1. The first-order valence-corrected chi connectivity index (χ1v) is 12.9. The normalized spacial score (nSPS) is 14.4. The lowest BCUT2D eigenvalue weighted by Gasteiger charge is -2.29. The maximum atomic E-state index is 12.1. The Kier molecular flexibility index (Phi) is 15.1. The maximum Gasteiger partial charge on any atom is 0.191 e. The lowest BCUT2D eigenvalue weighted by Crippen LogP contribution is -2.32. The molecule has 0 aliphatic rings. The summed E-state index contributed by atoms with van der Waals surface area (Å²) in [7, 11) is -0.541. The van der Waals surface area contributed by atoms with E-state index < -0.39 is 13.6 Å². The van der Waals surface area contributed by atoms with Gasteiger partial charge in [-0.25, -0.2) is 0 Å². The Morgan fingerprint density at radius 2 is 1.48 bits per heavy atom. The minimum atomic E-state index is -2.01. The van der Waals surface area contributed by atoms with Crippen LogP contribution in [-0.4, -0.2) is 26.2 Å². The average molecular weight is 425 g/mol. The molecule has 2 atom stereocenters. The SMILES string of the molecule is CCCCCCCCCCCCOC(C=O)(CCC[PH](=O)OC)c1ccccc1. The van der Waals surface area contributed by atoms with Crippen molar-refractivity contribution in [1.82, 2.24) is 0 Å². The van der Waals surface area contributed by atoms with E-state index in [1.165, 1.54) is 58.5 Å². The van der Waals surface area contributed by atoms with Gasteiger partial charge in [-0.15, -0.1) is 0 Å². The van der Waals surface area contributed by atoms with Crippen LogP contribution in [0.25, 0.3) is 0 Å². The van der Waals surface area contributed by atoms with Crippen LogP contribution >= 0.6 is 8.03 Å². The summed E-state index contributed by atoms with van der Waals surface area (Å²) in [4.78, 5) is 12.1. The molecule has 0 aliphatic heterocycles. The molecule has 1 aromatic carbocycles. The molecule has 0 aromatic heterocycles. The predicted octanol–water partition coefficient (Wildman–Crippen LogP) is 6.92. The third kappa shape index (κ3) is 11.1. The zero-order chi connectivity index (χ0) is 21.2. The third-order valence-electron chi connectivity index (χ3n) is 5.47. The van der Waals surface area contributed by atoms with Crippen LogP contribution in [0.2, 0.25) is 0 Å². The second-order valence-electron chi connectivity index (χ2n) is 7.83.